The normalized spacial score (nSPS) is 21.9. The fraction of sp³-hybridized carbons (Fsp3) is 0.585. The summed E-state index contributed by atoms with van der Waals surface area (Å²) in [5.74, 6) is 4.01. The number of aliphatic imine (C=N–C) groups is 2. The Morgan fingerprint density at radius 1 is 1.09 bits per heavy atom. The van der Waals surface area contributed by atoms with E-state index in [9.17, 15) is 9.18 Å². The highest BCUT2D eigenvalue weighted by Crippen LogP contribution is 2.49. The number of ether oxygens (including phenoxy) is 4. The van der Waals surface area contributed by atoms with Crippen molar-refractivity contribution in [2.24, 2.45) is 27.7 Å². The summed E-state index contributed by atoms with van der Waals surface area (Å²) in [4.78, 5) is 20.5. The second kappa shape index (κ2) is 27.2. The maximum atomic E-state index is 13.2. The average Bonchev–Trinajstić information content (AvgIpc) is 3.87. The summed E-state index contributed by atoms with van der Waals surface area (Å²) in [5.41, 5.74) is 2.98. The van der Waals surface area contributed by atoms with E-state index in [1.54, 1.807) is 27.8 Å². The van der Waals surface area contributed by atoms with Gasteiger partial charge in [-0.15, -0.1) is 23.5 Å². The van der Waals surface area contributed by atoms with Gasteiger partial charge in [-0.2, -0.15) is 0 Å². The van der Waals surface area contributed by atoms with Gasteiger partial charge in [-0.05, 0) is 113 Å². The molecular formula is C41H62FN5O5S3. The van der Waals surface area contributed by atoms with Crippen LogP contribution in [0.3, 0.4) is 0 Å². The Bertz CT molecular complexity index is 1440. The van der Waals surface area contributed by atoms with Gasteiger partial charge in [0.2, 0.25) is 0 Å². The lowest BCUT2D eigenvalue weighted by Gasteiger charge is -2.26. The van der Waals surface area contributed by atoms with Crippen LogP contribution < -0.4 is 15.4 Å². The molecule has 5 atom stereocenters. The van der Waals surface area contributed by atoms with Crippen LogP contribution in [0, 0.1) is 24.7 Å². The Morgan fingerprint density at radius 2 is 1.84 bits per heavy atom. The molecule has 2 aliphatic carbocycles. The lowest BCUT2D eigenvalue weighted by molar-refractivity contribution is -0.173. The zero-order valence-corrected chi connectivity index (χ0v) is 35.7. The fourth-order valence-electron chi connectivity index (χ4n) is 6.06. The molecule has 306 valence electrons. The minimum atomic E-state index is -0.457. The molecule has 2 N–H and O–H groups in total. The van der Waals surface area contributed by atoms with Crippen molar-refractivity contribution in [1.82, 2.24) is 14.9 Å². The topological polar surface area (TPSA) is 106 Å². The first kappa shape index (κ1) is 46.9. The fourth-order valence-corrected chi connectivity index (χ4v) is 8.47. The number of hydrogen-bond donors (Lipinski definition) is 2. The Morgan fingerprint density at radius 3 is 2.47 bits per heavy atom. The number of thioether (sulfide) groups is 2. The number of carbonyl (C=O) groups is 1. The van der Waals surface area contributed by atoms with Crippen molar-refractivity contribution in [2.45, 2.75) is 88.0 Å². The summed E-state index contributed by atoms with van der Waals surface area (Å²) < 4.78 is 36.6. The van der Waals surface area contributed by atoms with Crippen LogP contribution >= 0.6 is 35.5 Å². The van der Waals surface area contributed by atoms with E-state index >= 15 is 0 Å². The maximum Gasteiger partial charge on any atom is 0.293 e. The summed E-state index contributed by atoms with van der Waals surface area (Å²) in [5, 5.41) is 8.55. The second-order valence-corrected chi connectivity index (χ2v) is 16.8. The first-order chi connectivity index (χ1) is 26.8. The van der Waals surface area contributed by atoms with Crippen LogP contribution in [0.2, 0.25) is 0 Å². The Hall–Kier alpha value is -2.43. The molecule has 6 rings (SSSR count). The van der Waals surface area contributed by atoms with Gasteiger partial charge in [0.05, 0.1) is 24.6 Å². The molecule has 0 aromatic heterocycles. The Labute approximate surface area is 341 Å². The molecule has 2 aliphatic heterocycles. The maximum absolute atomic E-state index is 13.2. The molecule has 2 bridgehead atoms. The minimum Gasteiger partial charge on any atom is -0.487 e. The molecule has 4 aliphatic rings. The van der Waals surface area contributed by atoms with Gasteiger partial charge >= 0.3 is 0 Å². The molecule has 5 unspecified atom stereocenters. The number of hydrogen-bond acceptors (Lipinski definition) is 13. The van der Waals surface area contributed by atoms with Gasteiger partial charge in [0, 0.05) is 46.0 Å². The molecule has 2 aromatic carbocycles. The van der Waals surface area contributed by atoms with E-state index in [-0.39, 0.29) is 12.4 Å². The van der Waals surface area contributed by atoms with Crippen molar-refractivity contribution >= 4 is 61.1 Å². The van der Waals surface area contributed by atoms with Gasteiger partial charge in [-0.25, -0.2) is 8.70 Å². The smallest absolute Gasteiger partial charge is 0.293 e. The zero-order valence-electron chi connectivity index (χ0n) is 33.3. The number of aryl methyl sites for hydroxylation is 1. The quantitative estimate of drug-likeness (QED) is 0.0255. The Balaban J connectivity index is 0.000000222. The predicted octanol–water partition coefficient (Wildman–Crippen LogP) is 8.92. The first-order valence-corrected chi connectivity index (χ1v) is 22.0. The van der Waals surface area contributed by atoms with E-state index in [0.29, 0.717) is 50.1 Å². The summed E-state index contributed by atoms with van der Waals surface area (Å²) in [6.07, 6.45) is 5.83. The molecule has 2 heterocycles. The summed E-state index contributed by atoms with van der Waals surface area (Å²) in [6.45, 7) is 19.1. The van der Waals surface area contributed by atoms with Crippen LogP contribution in [0.5, 0.6) is 5.75 Å². The standard InChI is InChI=1S/C16H25FN4S2.C13H17NOS.C9H12O4.C3H8/c1-18-8-3-9-21(11-17)23-14-6-7-15(19-2)16(10-14)22-12-20-13-4-5-13;1-4-16-10-12(14-3)9-15-13-7-5-11(2)6-8-13;10-4-13-8-5-1-6-7(8)3-12-9(6)11-2-5;1-3-2/h6-7,10,13,18,20H,2-5,8-9,11-12H2,1H3;5-8,10H,3-4,9H2,1-2H3;4-9H,1-3H2;3H2,1-2H3/b;12-10-;;. The first-order valence-electron chi connectivity index (χ1n) is 19.2. The van der Waals surface area contributed by atoms with Crippen molar-refractivity contribution in [1.29, 1.82) is 0 Å². The number of alkyl halides is 1. The molecule has 4 fully saturated rings. The molecule has 14 heteroatoms. The highest BCUT2D eigenvalue weighted by Gasteiger charge is 2.55. The van der Waals surface area contributed by atoms with Crippen LogP contribution in [0.15, 0.2) is 73.3 Å². The third-order valence-electron chi connectivity index (χ3n) is 8.98. The van der Waals surface area contributed by atoms with Crippen LogP contribution in [0.1, 0.15) is 58.4 Å². The zero-order chi connectivity index (χ0) is 39.8. The molecule has 0 radical (unpaired) electrons. The number of halogens is 1. The van der Waals surface area contributed by atoms with Crippen LogP contribution in [-0.4, -0.2) is 101 Å². The molecule has 0 spiro atoms. The van der Waals surface area contributed by atoms with Crippen molar-refractivity contribution in [3.05, 3.63) is 59.1 Å². The van der Waals surface area contributed by atoms with Crippen LogP contribution in [0.25, 0.3) is 0 Å². The molecular weight excluding hydrogens is 758 g/mol. The van der Waals surface area contributed by atoms with Gasteiger partial charge < -0.3 is 29.6 Å². The van der Waals surface area contributed by atoms with E-state index in [2.05, 4.69) is 67.8 Å². The minimum absolute atomic E-state index is 0.0264. The van der Waals surface area contributed by atoms with E-state index in [1.807, 2.05) is 48.9 Å². The summed E-state index contributed by atoms with van der Waals surface area (Å²) in [6, 6.07) is 14.7. The third kappa shape index (κ3) is 16.9. The van der Waals surface area contributed by atoms with Crippen LogP contribution in [-0.2, 0) is 19.0 Å². The van der Waals surface area contributed by atoms with Crippen molar-refractivity contribution < 1.29 is 28.1 Å². The molecule has 10 nitrogen and oxygen atoms in total. The number of fused-ring (bicyclic) bond motifs is 1. The van der Waals surface area contributed by atoms with Gasteiger partial charge in [0.25, 0.3) is 6.47 Å². The summed E-state index contributed by atoms with van der Waals surface area (Å²) >= 11 is 4.89. The molecule has 2 aromatic rings. The molecule has 2 saturated heterocycles. The van der Waals surface area contributed by atoms with Crippen molar-refractivity contribution in [2.75, 3.05) is 58.4 Å². The van der Waals surface area contributed by atoms with E-state index in [1.165, 1.54) is 36.8 Å². The highest BCUT2D eigenvalue weighted by atomic mass is 32.2. The molecule has 0 amide bonds. The number of nitrogens with zero attached hydrogens (tertiary/aromatic N) is 3. The van der Waals surface area contributed by atoms with E-state index < -0.39 is 6.80 Å². The SMILES string of the molecule is C=N/C(=C\SCC)COc1ccc(C)cc1.C=Nc1ccc(SN(CF)CCCNC)cc1SCNC1CC1.CCC.O=COC1C2COC3OCC1C3C2. The summed E-state index contributed by atoms with van der Waals surface area (Å²) in [7, 11) is 1.91. The van der Waals surface area contributed by atoms with E-state index in [4.69, 9.17) is 18.9 Å². The Kier molecular flexibility index (Phi) is 23.3. The lowest BCUT2D eigenvalue weighted by atomic mass is 9.98. The van der Waals surface area contributed by atoms with Gasteiger partial charge in [-0.1, -0.05) is 44.9 Å². The highest BCUT2D eigenvalue weighted by molar-refractivity contribution is 8.02. The average molecular weight is 820 g/mol. The van der Waals surface area contributed by atoms with Crippen molar-refractivity contribution in [3.63, 3.8) is 0 Å². The van der Waals surface area contributed by atoms with Gasteiger partial charge in [0.15, 0.2) is 13.1 Å². The third-order valence-corrected chi connectivity index (χ3v) is 11.7. The lowest BCUT2D eigenvalue weighted by Crippen LogP contribution is -2.32. The monoisotopic (exact) mass is 819 g/mol. The second-order valence-electron chi connectivity index (χ2n) is 13.5. The largest absolute Gasteiger partial charge is 0.487 e. The van der Waals surface area contributed by atoms with Crippen molar-refractivity contribution in [3.8, 4) is 5.75 Å². The predicted molar refractivity (Wildman–Crippen MR) is 230 cm³/mol. The number of nitrogens with one attached hydrogen (secondary N) is 2. The molecule has 55 heavy (non-hydrogen) atoms. The number of rotatable bonds is 20. The van der Waals surface area contributed by atoms with Crippen LogP contribution in [0.4, 0.5) is 10.1 Å². The van der Waals surface area contributed by atoms with Gasteiger partial charge in [-0.3, -0.25) is 14.8 Å². The van der Waals surface area contributed by atoms with Gasteiger partial charge in [0.1, 0.15) is 18.5 Å². The molecule has 2 saturated carbocycles. The number of carbonyl (C=O) groups excluding carboxylic acids is 1. The number of benzene rings is 2. The van der Waals surface area contributed by atoms with E-state index in [0.717, 1.165) is 64.5 Å².